The van der Waals surface area contributed by atoms with Crippen molar-refractivity contribution in [1.29, 1.82) is 0 Å². The summed E-state index contributed by atoms with van der Waals surface area (Å²) in [6.07, 6.45) is 1.79. The largest absolute Gasteiger partial charge is 0.311 e. The van der Waals surface area contributed by atoms with Crippen molar-refractivity contribution in [3.05, 3.63) is 45.2 Å². The number of hydrogen-bond acceptors (Lipinski definition) is 4. The first-order chi connectivity index (χ1) is 9.54. The van der Waals surface area contributed by atoms with Gasteiger partial charge < -0.3 is 5.32 Å². The highest BCUT2D eigenvalue weighted by Crippen LogP contribution is 2.17. The van der Waals surface area contributed by atoms with E-state index in [1.165, 1.54) is 17.5 Å². The van der Waals surface area contributed by atoms with Crippen molar-refractivity contribution in [2.45, 2.75) is 19.8 Å². The smallest absolute Gasteiger partial charge is 0.225 e. The van der Waals surface area contributed by atoms with Gasteiger partial charge in [-0.25, -0.2) is 4.98 Å². The molecule has 0 fully saturated rings. The Kier molecular flexibility index (Phi) is 4.87. The van der Waals surface area contributed by atoms with Crippen LogP contribution in [0.25, 0.3) is 0 Å². The molecular formula is C14H13ClN2O2S. The Morgan fingerprint density at radius 2 is 2.05 bits per heavy atom. The number of nitrogens with zero attached hydrogens (tertiary/aromatic N) is 1. The van der Waals surface area contributed by atoms with E-state index >= 15 is 0 Å². The van der Waals surface area contributed by atoms with Gasteiger partial charge in [0.25, 0.3) is 0 Å². The summed E-state index contributed by atoms with van der Waals surface area (Å²) in [5.41, 5.74) is 0. The van der Waals surface area contributed by atoms with Gasteiger partial charge in [-0.1, -0.05) is 11.6 Å². The van der Waals surface area contributed by atoms with Gasteiger partial charge in [0.15, 0.2) is 5.78 Å². The van der Waals surface area contributed by atoms with Crippen molar-refractivity contribution in [3.63, 3.8) is 0 Å². The summed E-state index contributed by atoms with van der Waals surface area (Å²) in [6.45, 7) is 1.94. The average molecular weight is 309 g/mol. The molecule has 0 aliphatic carbocycles. The number of halogens is 1. The number of Topliss-reactive ketones (excluding diaryl/α,β-unsaturated/α-hetero) is 1. The van der Waals surface area contributed by atoms with Crippen molar-refractivity contribution < 1.29 is 9.59 Å². The molecule has 4 nitrogen and oxygen atoms in total. The highest BCUT2D eigenvalue weighted by atomic mass is 35.5. The van der Waals surface area contributed by atoms with Gasteiger partial charge >= 0.3 is 0 Å². The summed E-state index contributed by atoms with van der Waals surface area (Å²) >= 11 is 7.15. The second-order valence-electron chi connectivity index (χ2n) is 4.24. The number of anilines is 1. The van der Waals surface area contributed by atoms with Gasteiger partial charge in [0.1, 0.15) is 5.82 Å². The molecule has 0 saturated heterocycles. The fourth-order valence-electron chi connectivity index (χ4n) is 1.59. The number of hydrogen-bond donors (Lipinski definition) is 1. The van der Waals surface area contributed by atoms with Gasteiger partial charge in [0.05, 0.1) is 9.90 Å². The Balaban J connectivity index is 1.83. The zero-order chi connectivity index (χ0) is 14.5. The van der Waals surface area contributed by atoms with Crippen LogP contribution in [-0.2, 0) is 4.79 Å². The molecule has 0 aliphatic rings. The van der Waals surface area contributed by atoms with Crippen molar-refractivity contribution in [2.24, 2.45) is 0 Å². The molecule has 0 radical (unpaired) electrons. The SMILES string of the molecule is Cc1ccc(C(=O)CCC(=O)Nc2ccc(Cl)cn2)s1. The number of aryl methyl sites for hydroxylation is 1. The van der Waals surface area contributed by atoms with E-state index < -0.39 is 0 Å². The number of thiophene rings is 1. The molecular weight excluding hydrogens is 296 g/mol. The number of pyridine rings is 1. The summed E-state index contributed by atoms with van der Waals surface area (Å²) in [5.74, 6) is 0.183. The third-order valence-electron chi connectivity index (χ3n) is 2.59. The molecule has 0 unspecified atom stereocenters. The molecule has 2 heterocycles. The van der Waals surface area contributed by atoms with Crippen LogP contribution in [0.15, 0.2) is 30.5 Å². The molecule has 0 saturated carbocycles. The van der Waals surface area contributed by atoms with Crippen molar-refractivity contribution in [1.82, 2.24) is 4.98 Å². The maximum Gasteiger partial charge on any atom is 0.225 e. The van der Waals surface area contributed by atoms with Crippen molar-refractivity contribution in [3.8, 4) is 0 Å². The number of ketones is 1. The number of carbonyl (C=O) groups is 2. The zero-order valence-electron chi connectivity index (χ0n) is 10.9. The van der Waals surface area contributed by atoms with Crippen LogP contribution in [0.2, 0.25) is 5.02 Å². The average Bonchev–Trinajstić information content (AvgIpc) is 2.85. The molecule has 0 aliphatic heterocycles. The third kappa shape index (κ3) is 4.15. The summed E-state index contributed by atoms with van der Waals surface area (Å²) in [4.78, 5) is 29.3. The Morgan fingerprint density at radius 3 is 2.65 bits per heavy atom. The molecule has 2 rings (SSSR count). The van der Waals surface area contributed by atoms with Crippen LogP contribution in [0, 0.1) is 6.92 Å². The summed E-state index contributed by atoms with van der Waals surface area (Å²) in [6, 6.07) is 6.95. The monoisotopic (exact) mass is 308 g/mol. The van der Waals surface area contributed by atoms with Gasteiger partial charge in [-0.15, -0.1) is 11.3 Å². The Bertz CT molecular complexity index is 622. The van der Waals surface area contributed by atoms with Crippen LogP contribution in [0.5, 0.6) is 0 Å². The van der Waals surface area contributed by atoms with Crippen LogP contribution in [0.3, 0.4) is 0 Å². The Hall–Kier alpha value is -1.72. The molecule has 2 aromatic heterocycles. The first kappa shape index (κ1) is 14.7. The lowest BCUT2D eigenvalue weighted by molar-refractivity contribution is -0.116. The third-order valence-corrected chi connectivity index (χ3v) is 3.85. The lowest BCUT2D eigenvalue weighted by atomic mass is 10.2. The number of rotatable bonds is 5. The van der Waals surface area contributed by atoms with E-state index in [2.05, 4.69) is 10.3 Å². The lowest BCUT2D eigenvalue weighted by Gasteiger charge is -2.03. The molecule has 1 amide bonds. The van der Waals surface area contributed by atoms with Crippen molar-refractivity contribution >= 4 is 40.4 Å². The molecule has 0 atom stereocenters. The highest BCUT2D eigenvalue weighted by Gasteiger charge is 2.11. The maximum absolute atomic E-state index is 11.9. The van der Waals surface area contributed by atoms with Crippen LogP contribution in [-0.4, -0.2) is 16.7 Å². The normalized spacial score (nSPS) is 10.3. The number of aromatic nitrogens is 1. The second kappa shape index (κ2) is 6.63. The highest BCUT2D eigenvalue weighted by molar-refractivity contribution is 7.14. The fraction of sp³-hybridized carbons (Fsp3) is 0.214. The minimum atomic E-state index is -0.235. The fourth-order valence-corrected chi connectivity index (χ4v) is 2.54. The lowest BCUT2D eigenvalue weighted by Crippen LogP contribution is -2.14. The van der Waals surface area contributed by atoms with E-state index in [0.717, 1.165) is 4.88 Å². The summed E-state index contributed by atoms with van der Waals surface area (Å²) in [7, 11) is 0. The summed E-state index contributed by atoms with van der Waals surface area (Å²) < 4.78 is 0. The first-order valence-corrected chi connectivity index (χ1v) is 7.25. The Morgan fingerprint density at radius 1 is 1.25 bits per heavy atom. The molecule has 20 heavy (non-hydrogen) atoms. The van der Waals surface area contributed by atoms with Gasteiger partial charge in [-0.2, -0.15) is 0 Å². The van der Waals surface area contributed by atoms with E-state index in [0.29, 0.717) is 15.7 Å². The maximum atomic E-state index is 11.9. The number of carbonyl (C=O) groups excluding carboxylic acids is 2. The van der Waals surface area contributed by atoms with E-state index in [9.17, 15) is 9.59 Å². The molecule has 104 valence electrons. The van der Waals surface area contributed by atoms with Crippen LogP contribution >= 0.6 is 22.9 Å². The van der Waals surface area contributed by atoms with E-state index in [1.807, 2.05) is 13.0 Å². The minimum Gasteiger partial charge on any atom is -0.311 e. The van der Waals surface area contributed by atoms with E-state index in [4.69, 9.17) is 11.6 Å². The van der Waals surface area contributed by atoms with Gasteiger partial charge in [-0.05, 0) is 31.2 Å². The molecule has 2 aromatic rings. The molecule has 0 aromatic carbocycles. The van der Waals surface area contributed by atoms with Crippen molar-refractivity contribution in [2.75, 3.05) is 5.32 Å². The Labute approximate surface area is 125 Å². The number of amides is 1. The van der Waals surface area contributed by atoms with E-state index in [-0.39, 0.29) is 24.5 Å². The second-order valence-corrected chi connectivity index (χ2v) is 5.97. The topological polar surface area (TPSA) is 59.1 Å². The quantitative estimate of drug-likeness (QED) is 0.857. The van der Waals surface area contributed by atoms with E-state index in [1.54, 1.807) is 18.2 Å². The summed E-state index contributed by atoms with van der Waals surface area (Å²) in [5, 5.41) is 3.13. The van der Waals surface area contributed by atoms with Gasteiger partial charge in [-0.3, -0.25) is 9.59 Å². The zero-order valence-corrected chi connectivity index (χ0v) is 12.4. The van der Waals surface area contributed by atoms with Crippen LogP contribution < -0.4 is 5.32 Å². The standard InChI is InChI=1S/C14H13ClN2O2S/c1-9-2-5-12(20-9)11(18)4-7-14(19)17-13-6-3-10(15)8-16-13/h2-3,5-6,8H,4,7H2,1H3,(H,16,17,19). The minimum absolute atomic E-state index is 0.0117. The molecule has 0 bridgehead atoms. The predicted octanol–water partition coefficient (Wildman–Crippen LogP) is 3.71. The first-order valence-electron chi connectivity index (χ1n) is 6.05. The predicted molar refractivity (Wildman–Crippen MR) is 80.5 cm³/mol. The number of nitrogens with one attached hydrogen (secondary N) is 1. The van der Waals surface area contributed by atoms with Gasteiger partial charge in [0, 0.05) is 23.9 Å². The van der Waals surface area contributed by atoms with Gasteiger partial charge in [0.2, 0.25) is 5.91 Å². The molecule has 1 N–H and O–H groups in total. The molecule has 6 heteroatoms. The van der Waals surface area contributed by atoms with Crippen LogP contribution in [0.1, 0.15) is 27.4 Å². The molecule has 0 spiro atoms. The van der Waals surface area contributed by atoms with Crippen LogP contribution in [0.4, 0.5) is 5.82 Å².